The minimum absolute atomic E-state index is 0.00929. The van der Waals surface area contributed by atoms with Crippen molar-refractivity contribution in [3.8, 4) is 0 Å². The van der Waals surface area contributed by atoms with E-state index in [4.69, 9.17) is 0 Å². The van der Waals surface area contributed by atoms with E-state index >= 15 is 0 Å². The van der Waals surface area contributed by atoms with Crippen LogP contribution in [0.25, 0.3) is 0 Å². The van der Waals surface area contributed by atoms with Crippen molar-refractivity contribution in [2.45, 2.75) is 70.6 Å². The lowest BCUT2D eigenvalue weighted by Gasteiger charge is -2.12. The van der Waals surface area contributed by atoms with Crippen LogP contribution in [0.5, 0.6) is 0 Å². The van der Waals surface area contributed by atoms with Gasteiger partial charge in [-0.05, 0) is 12.0 Å². The van der Waals surface area contributed by atoms with E-state index in [0.717, 1.165) is 19.3 Å². The Balaban J connectivity index is 2.38. The van der Waals surface area contributed by atoms with Crippen molar-refractivity contribution in [2.24, 2.45) is 0 Å². The quantitative estimate of drug-likeness (QED) is 0.322. The monoisotopic (exact) mass is 321 g/mol. The molecule has 5 nitrogen and oxygen atoms in total. The van der Waals surface area contributed by atoms with Crippen molar-refractivity contribution < 1.29 is 14.8 Å². The van der Waals surface area contributed by atoms with Crippen LogP contribution in [0, 0.1) is 10.1 Å². The molecule has 0 saturated carbocycles. The number of nitro benzene ring substituents is 1. The summed E-state index contributed by atoms with van der Waals surface area (Å²) in [5.74, 6) is -1.43. The molecule has 0 saturated heterocycles. The lowest BCUT2D eigenvalue weighted by molar-refractivity contribution is -0.384. The van der Waals surface area contributed by atoms with Gasteiger partial charge >= 0.3 is 5.97 Å². The smallest absolute Gasteiger partial charge is 0.310 e. The molecule has 0 spiro atoms. The molecule has 1 aromatic rings. The molecule has 0 fully saturated rings. The molecule has 1 atom stereocenters. The minimum Gasteiger partial charge on any atom is -0.481 e. The second-order valence-electron chi connectivity index (χ2n) is 6.00. The maximum atomic E-state index is 11.4. The minimum atomic E-state index is -0.859. The Bertz CT molecular complexity index is 484. The molecule has 0 radical (unpaired) electrons. The number of carboxylic acid groups (broad SMARTS) is 1. The summed E-state index contributed by atoms with van der Waals surface area (Å²) in [5, 5.41) is 20.0. The first-order valence-corrected chi connectivity index (χ1v) is 8.53. The summed E-state index contributed by atoms with van der Waals surface area (Å²) < 4.78 is 0. The summed E-state index contributed by atoms with van der Waals surface area (Å²) in [7, 11) is 0. The van der Waals surface area contributed by atoms with E-state index in [1.54, 1.807) is 12.1 Å². The Morgan fingerprint density at radius 2 is 1.57 bits per heavy atom. The van der Waals surface area contributed by atoms with Crippen molar-refractivity contribution in [3.05, 3.63) is 39.9 Å². The van der Waals surface area contributed by atoms with Crippen molar-refractivity contribution in [1.29, 1.82) is 0 Å². The van der Waals surface area contributed by atoms with Gasteiger partial charge in [0.25, 0.3) is 5.69 Å². The van der Waals surface area contributed by atoms with Crippen molar-refractivity contribution in [3.63, 3.8) is 0 Å². The SMILES string of the molecule is CCCCCCCCCC[C@@H](C(=O)O)c1ccc([N+](=O)[O-])cc1. The van der Waals surface area contributed by atoms with E-state index < -0.39 is 16.8 Å². The maximum absolute atomic E-state index is 11.4. The van der Waals surface area contributed by atoms with Gasteiger partial charge in [-0.2, -0.15) is 0 Å². The Kier molecular flexibility index (Phi) is 8.95. The van der Waals surface area contributed by atoms with Gasteiger partial charge in [0, 0.05) is 12.1 Å². The molecule has 1 aromatic carbocycles. The van der Waals surface area contributed by atoms with Crippen LogP contribution in [0.1, 0.15) is 76.2 Å². The number of hydrogen-bond acceptors (Lipinski definition) is 3. The zero-order chi connectivity index (χ0) is 17.1. The van der Waals surface area contributed by atoms with E-state index in [9.17, 15) is 20.0 Å². The highest BCUT2D eigenvalue weighted by Crippen LogP contribution is 2.25. The van der Waals surface area contributed by atoms with Crippen LogP contribution in [0.4, 0.5) is 5.69 Å². The zero-order valence-corrected chi connectivity index (χ0v) is 13.9. The fourth-order valence-electron chi connectivity index (χ4n) is 2.74. The van der Waals surface area contributed by atoms with Crippen LogP contribution < -0.4 is 0 Å². The summed E-state index contributed by atoms with van der Waals surface area (Å²) in [6.45, 7) is 2.20. The molecule has 1 N–H and O–H groups in total. The molecule has 1 rings (SSSR count). The average Bonchev–Trinajstić information content (AvgIpc) is 2.53. The van der Waals surface area contributed by atoms with Crippen LogP contribution in [0.2, 0.25) is 0 Å². The van der Waals surface area contributed by atoms with Gasteiger partial charge in [0.2, 0.25) is 0 Å². The molecule has 0 aliphatic heterocycles. The molecular formula is C18H27NO4. The first-order valence-electron chi connectivity index (χ1n) is 8.53. The third-order valence-corrected chi connectivity index (χ3v) is 4.15. The van der Waals surface area contributed by atoms with Crippen LogP contribution in [-0.2, 0) is 4.79 Å². The molecule has 0 heterocycles. The van der Waals surface area contributed by atoms with Gasteiger partial charge in [-0.25, -0.2) is 0 Å². The van der Waals surface area contributed by atoms with E-state index in [0.29, 0.717) is 12.0 Å². The number of carbonyl (C=O) groups is 1. The Hall–Kier alpha value is -1.91. The average molecular weight is 321 g/mol. The van der Waals surface area contributed by atoms with Gasteiger partial charge in [0.1, 0.15) is 0 Å². The van der Waals surface area contributed by atoms with Crippen LogP contribution >= 0.6 is 0 Å². The molecule has 0 unspecified atom stereocenters. The Labute approximate surface area is 137 Å². The van der Waals surface area contributed by atoms with E-state index in [1.165, 1.54) is 44.2 Å². The van der Waals surface area contributed by atoms with Gasteiger partial charge in [-0.3, -0.25) is 14.9 Å². The highest BCUT2D eigenvalue weighted by molar-refractivity contribution is 5.76. The van der Waals surface area contributed by atoms with Gasteiger partial charge in [-0.1, -0.05) is 70.4 Å². The van der Waals surface area contributed by atoms with Gasteiger partial charge in [0.05, 0.1) is 10.8 Å². The van der Waals surface area contributed by atoms with Gasteiger partial charge in [-0.15, -0.1) is 0 Å². The summed E-state index contributed by atoms with van der Waals surface area (Å²) in [6.07, 6.45) is 9.96. The molecule has 5 heteroatoms. The van der Waals surface area contributed by atoms with Gasteiger partial charge < -0.3 is 5.11 Å². The third-order valence-electron chi connectivity index (χ3n) is 4.15. The van der Waals surface area contributed by atoms with Crippen molar-refractivity contribution >= 4 is 11.7 Å². The third kappa shape index (κ3) is 7.26. The summed E-state index contributed by atoms with van der Waals surface area (Å²) >= 11 is 0. The molecule has 0 bridgehead atoms. The normalized spacial score (nSPS) is 12.0. The second-order valence-corrected chi connectivity index (χ2v) is 6.00. The standard InChI is InChI=1S/C18H27NO4/c1-2-3-4-5-6-7-8-9-10-17(18(20)21)15-11-13-16(14-12-15)19(22)23/h11-14,17H,2-10H2,1H3,(H,20,21)/t17-/m1/s1. The maximum Gasteiger partial charge on any atom is 0.310 e. The number of hydrogen-bond donors (Lipinski definition) is 1. The second kappa shape index (κ2) is 10.8. The van der Waals surface area contributed by atoms with E-state index in [-0.39, 0.29) is 5.69 Å². The highest BCUT2D eigenvalue weighted by atomic mass is 16.6. The lowest BCUT2D eigenvalue weighted by Crippen LogP contribution is -2.11. The van der Waals surface area contributed by atoms with Crippen molar-refractivity contribution in [2.75, 3.05) is 0 Å². The zero-order valence-electron chi connectivity index (χ0n) is 13.9. The summed E-state index contributed by atoms with van der Waals surface area (Å²) in [5.41, 5.74) is 0.635. The molecule has 128 valence electrons. The molecule has 0 amide bonds. The Morgan fingerprint density at radius 1 is 1.04 bits per heavy atom. The first kappa shape index (κ1) is 19.1. The topological polar surface area (TPSA) is 80.4 Å². The van der Waals surface area contributed by atoms with Crippen LogP contribution in [0.15, 0.2) is 24.3 Å². The van der Waals surface area contributed by atoms with Gasteiger partial charge in [0.15, 0.2) is 0 Å². The molecule has 0 aliphatic rings. The molecular weight excluding hydrogens is 294 g/mol. The number of carboxylic acids is 1. The number of unbranched alkanes of at least 4 members (excludes halogenated alkanes) is 7. The lowest BCUT2D eigenvalue weighted by atomic mass is 9.93. The van der Waals surface area contributed by atoms with Crippen LogP contribution in [-0.4, -0.2) is 16.0 Å². The largest absolute Gasteiger partial charge is 0.481 e. The predicted octanol–water partition coefficient (Wildman–Crippen LogP) is 5.29. The fraction of sp³-hybridized carbons (Fsp3) is 0.611. The number of benzene rings is 1. The number of aliphatic carboxylic acids is 1. The molecule has 23 heavy (non-hydrogen) atoms. The number of non-ortho nitro benzene ring substituents is 1. The highest BCUT2D eigenvalue weighted by Gasteiger charge is 2.20. The number of nitrogens with zero attached hydrogens (tertiary/aromatic N) is 1. The molecule has 0 aliphatic carbocycles. The van der Waals surface area contributed by atoms with Crippen LogP contribution in [0.3, 0.4) is 0 Å². The first-order chi connectivity index (χ1) is 11.1. The van der Waals surface area contributed by atoms with E-state index in [2.05, 4.69) is 6.92 Å². The summed E-state index contributed by atoms with van der Waals surface area (Å²) in [4.78, 5) is 21.6. The predicted molar refractivity (Wildman–Crippen MR) is 90.7 cm³/mol. The van der Waals surface area contributed by atoms with E-state index in [1.807, 2.05) is 0 Å². The number of rotatable bonds is 12. The van der Waals surface area contributed by atoms with Crippen molar-refractivity contribution in [1.82, 2.24) is 0 Å². The number of nitro groups is 1. The summed E-state index contributed by atoms with van der Waals surface area (Å²) in [6, 6.07) is 5.86. The Morgan fingerprint density at radius 3 is 2.04 bits per heavy atom. The molecule has 0 aromatic heterocycles. The fourth-order valence-corrected chi connectivity index (χ4v) is 2.74.